The number of Topliss-reactive ketones (excluding diaryl/α,β-unsaturated/α-hetero) is 1. The maximum Gasteiger partial charge on any atom is 2.00 e. The fourth-order valence-electron chi connectivity index (χ4n) is 1.85. The molecule has 0 saturated heterocycles. The monoisotopic (exact) mass is 557 g/mol. The molecule has 0 saturated carbocycles. The summed E-state index contributed by atoms with van der Waals surface area (Å²) in [4.78, 5) is 11.0. The molecule has 0 fully saturated rings. The molecule has 24 heavy (non-hydrogen) atoms. The molecule has 0 aliphatic heterocycles. The van der Waals surface area contributed by atoms with Crippen LogP contribution in [0.15, 0.2) is 24.8 Å². The molecule has 0 radical (unpaired) electrons. The molecule has 0 aliphatic carbocycles. The second kappa shape index (κ2) is 19.0. The number of carbonyl (C=O) groups is 1. The van der Waals surface area contributed by atoms with Crippen molar-refractivity contribution in [2.75, 3.05) is 0 Å². The van der Waals surface area contributed by atoms with Crippen LogP contribution in [0.3, 0.4) is 0 Å². The van der Waals surface area contributed by atoms with E-state index in [-0.39, 0.29) is 50.4 Å². The Kier molecular flexibility index (Phi) is 24.8. The molecule has 0 spiro atoms. The predicted molar refractivity (Wildman–Crippen MR) is 105 cm³/mol. The Labute approximate surface area is 175 Å². The number of ketones is 1. The van der Waals surface area contributed by atoms with E-state index in [1.807, 2.05) is 39.8 Å². The summed E-state index contributed by atoms with van der Waals surface area (Å²) in [5, 5.41) is 0. The van der Waals surface area contributed by atoms with Crippen molar-refractivity contribution in [1.82, 2.24) is 0 Å². The maximum absolute atomic E-state index is 11.0. The first kappa shape index (κ1) is 31.4. The minimum Gasteiger partial charge on any atom is -0.358 e. The summed E-state index contributed by atoms with van der Waals surface area (Å²) in [6.45, 7) is 17.5. The van der Waals surface area contributed by atoms with Gasteiger partial charge in [0, 0.05) is 6.04 Å². The number of hydrogen-bond donors (Lipinski definition) is 1. The molecule has 0 aliphatic rings. The van der Waals surface area contributed by atoms with Crippen LogP contribution in [-0.2, 0) is 0 Å². The van der Waals surface area contributed by atoms with Crippen LogP contribution in [0, 0.1) is 64.4 Å². The molecule has 0 amide bonds. The van der Waals surface area contributed by atoms with Crippen molar-refractivity contribution in [3.8, 4) is 0 Å². The fourth-order valence-corrected chi connectivity index (χ4v) is 1.85. The number of carbonyl (C=O) groups excluding carboxylic acids is 1. The second-order valence-electron chi connectivity index (χ2n) is 5.42. The molecular formula is C21H37NOU. The van der Waals surface area contributed by atoms with Crippen molar-refractivity contribution in [1.29, 1.82) is 0 Å². The third-order valence-electron chi connectivity index (χ3n) is 3.36. The third-order valence-corrected chi connectivity index (χ3v) is 3.36. The average molecular weight is 558 g/mol. The van der Waals surface area contributed by atoms with E-state index in [9.17, 15) is 4.79 Å². The number of nitrogens with two attached hydrogens (primary N) is 1. The average Bonchev–Trinajstić information content (AvgIpc) is 2.49. The van der Waals surface area contributed by atoms with Gasteiger partial charge in [-0.05, 0) is 19.3 Å². The van der Waals surface area contributed by atoms with E-state index in [1.54, 1.807) is 13.0 Å². The summed E-state index contributed by atoms with van der Waals surface area (Å²) in [5.74, 6) is 0.844. The van der Waals surface area contributed by atoms with Gasteiger partial charge in [-0.3, -0.25) is 0 Å². The first-order valence-corrected chi connectivity index (χ1v) is 8.19. The minimum atomic E-state index is 0. The first-order valence-electron chi connectivity index (χ1n) is 8.19. The molecule has 1 rings (SSSR count). The summed E-state index contributed by atoms with van der Waals surface area (Å²) < 4.78 is 0. The van der Waals surface area contributed by atoms with Crippen LogP contribution >= 0.6 is 0 Å². The van der Waals surface area contributed by atoms with Crippen molar-refractivity contribution < 1.29 is 35.9 Å². The smallest absolute Gasteiger partial charge is 0.358 e. The summed E-state index contributed by atoms with van der Waals surface area (Å²) >= 11 is 0. The Morgan fingerprint density at radius 1 is 1.38 bits per heavy atom. The fraction of sp³-hybridized carbons (Fsp3) is 0.524. The van der Waals surface area contributed by atoms with Gasteiger partial charge in [-0.15, -0.1) is 6.58 Å². The van der Waals surface area contributed by atoms with Gasteiger partial charge in [0.05, 0.1) is 0 Å². The summed E-state index contributed by atoms with van der Waals surface area (Å²) in [7, 11) is 0. The standard InChI is InChI=1S/C10H11O.C8H17N.C2H6.CH3.U/c1-7-4-5-10(9(3)11)8(2)6-7;1-4-7(3)6-8(9)5-2;1-2;;/h5-6H,1-3H3;5,7-8H,2,4,6,9H2,1,3H3;1-2H3;1H3;/q-1;;;-1;+2. The number of benzene rings is 1. The van der Waals surface area contributed by atoms with Crippen LogP contribution in [0.5, 0.6) is 0 Å². The summed E-state index contributed by atoms with van der Waals surface area (Å²) in [5.41, 5.74) is 8.52. The number of hydrogen-bond acceptors (Lipinski definition) is 2. The van der Waals surface area contributed by atoms with Gasteiger partial charge in [-0.2, -0.15) is 29.3 Å². The molecule has 1 aromatic carbocycles. The molecule has 0 aromatic heterocycles. The normalized spacial score (nSPS) is 11.0. The van der Waals surface area contributed by atoms with Gasteiger partial charge in [-0.1, -0.05) is 59.6 Å². The van der Waals surface area contributed by atoms with Crippen molar-refractivity contribution in [3.63, 3.8) is 0 Å². The van der Waals surface area contributed by atoms with Crippen LogP contribution < -0.4 is 5.73 Å². The van der Waals surface area contributed by atoms with Crippen LogP contribution in [0.1, 0.15) is 68.9 Å². The zero-order valence-corrected chi connectivity index (χ0v) is 21.2. The van der Waals surface area contributed by atoms with Crippen LogP contribution in [-0.4, -0.2) is 11.8 Å². The second-order valence-corrected chi connectivity index (χ2v) is 5.42. The Hall–Kier alpha value is -0.358. The summed E-state index contributed by atoms with van der Waals surface area (Å²) in [6, 6.07) is 6.92. The molecule has 1 aromatic rings. The quantitative estimate of drug-likeness (QED) is 0.286. The van der Waals surface area contributed by atoms with Crippen molar-refractivity contribution in [2.45, 2.75) is 67.3 Å². The molecular weight excluding hydrogens is 520 g/mol. The molecule has 0 bridgehead atoms. The van der Waals surface area contributed by atoms with E-state index in [2.05, 4.69) is 26.5 Å². The zero-order valence-electron chi connectivity index (χ0n) is 17.0. The SMILES string of the molecule is C=CC(N)CC(C)CC.CC.CC(=O)c1c[c-]c(C)cc1C.[CH3-].[U+2]. The zero-order chi connectivity index (χ0) is 17.7. The van der Waals surface area contributed by atoms with Crippen molar-refractivity contribution in [3.05, 3.63) is 55.0 Å². The molecule has 136 valence electrons. The van der Waals surface area contributed by atoms with Gasteiger partial charge in [0.1, 0.15) is 5.78 Å². The van der Waals surface area contributed by atoms with Gasteiger partial charge in [0.15, 0.2) is 0 Å². The molecule has 2 atom stereocenters. The van der Waals surface area contributed by atoms with Gasteiger partial charge < -0.3 is 18.0 Å². The molecule has 2 N–H and O–H groups in total. The van der Waals surface area contributed by atoms with E-state index >= 15 is 0 Å². The van der Waals surface area contributed by atoms with Crippen LogP contribution in [0.2, 0.25) is 0 Å². The number of rotatable bonds is 5. The number of aryl methyl sites for hydroxylation is 2. The maximum atomic E-state index is 11.0. The van der Waals surface area contributed by atoms with Crippen molar-refractivity contribution >= 4 is 5.78 Å². The topological polar surface area (TPSA) is 43.1 Å². The predicted octanol–water partition coefficient (Wildman–Crippen LogP) is 5.72. The van der Waals surface area contributed by atoms with Crippen LogP contribution in [0.25, 0.3) is 0 Å². The van der Waals surface area contributed by atoms with Crippen molar-refractivity contribution in [2.24, 2.45) is 11.7 Å². The first-order chi connectivity index (χ1) is 10.3. The van der Waals surface area contributed by atoms with Crippen LogP contribution in [0.4, 0.5) is 0 Å². The van der Waals surface area contributed by atoms with E-state index in [4.69, 9.17) is 5.73 Å². The third kappa shape index (κ3) is 15.2. The van der Waals surface area contributed by atoms with E-state index in [1.165, 1.54) is 6.42 Å². The van der Waals surface area contributed by atoms with Gasteiger partial charge in [-0.25, -0.2) is 0 Å². The molecule has 2 nitrogen and oxygen atoms in total. The van der Waals surface area contributed by atoms with E-state index in [0.717, 1.165) is 29.0 Å². The van der Waals surface area contributed by atoms with E-state index in [0.29, 0.717) is 0 Å². The Balaban J connectivity index is -0.000000142. The molecule has 3 heteroatoms. The van der Waals surface area contributed by atoms with Gasteiger partial charge in [0.25, 0.3) is 0 Å². The van der Waals surface area contributed by atoms with Gasteiger partial charge in [0.2, 0.25) is 0 Å². The Morgan fingerprint density at radius 2 is 1.88 bits per heavy atom. The Bertz CT molecular complexity index is 443. The molecule has 2 unspecified atom stereocenters. The Morgan fingerprint density at radius 3 is 2.21 bits per heavy atom. The largest absolute Gasteiger partial charge is 2.00 e. The van der Waals surface area contributed by atoms with Gasteiger partial charge >= 0.3 is 31.1 Å². The summed E-state index contributed by atoms with van der Waals surface area (Å²) in [6.07, 6.45) is 4.09. The van der Waals surface area contributed by atoms with E-state index < -0.39 is 0 Å². The molecule has 0 heterocycles. The minimum absolute atomic E-state index is 0.